The highest BCUT2D eigenvalue weighted by atomic mass is 16.7. The number of hydrogen-bond acceptors (Lipinski definition) is 22. The van der Waals surface area contributed by atoms with Gasteiger partial charge in [0.05, 0.1) is 57.3 Å². The number of rotatable bonds is 17. The fraction of sp³-hybridized carbons (Fsp3) is 0.761. The smallest absolute Gasteiger partial charge is 0.438 e. The van der Waals surface area contributed by atoms with Crippen LogP contribution in [0.5, 0.6) is 0 Å². The molecule has 7 N–H and O–H groups in total. The van der Waals surface area contributed by atoms with Crippen LogP contribution in [0.4, 0.5) is 0 Å². The van der Waals surface area contributed by atoms with Crippen LogP contribution in [-0.2, 0) is 73.4 Å². The van der Waals surface area contributed by atoms with Crippen molar-refractivity contribution in [2.75, 3.05) is 39.7 Å². The third kappa shape index (κ3) is 42.4. The highest BCUT2D eigenvalue weighted by Gasteiger charge is 2.36. The van der Waals surface area contributed by atoms with E-state index in [0.717, 1.165) is 0 Å². The number of aliphatic carboxylic acids is 2. The highest BCUT2D eigenvalue weighted by Crippen LogP contribution is 2.17. The van der Waals surface area contributed by atoms with Gasteiger partial charge < -0.3 is 64.5 Å². The maximum atomic E-state index is 11.1. The van der Waals surface area contributed by atoms with Crippen LogP contribution < -0.4 is 21.7 Å². The van der Waals surface area contributed by atoms with E-state index in [1.807, 2.05) is 69.2 Å². The van der Waals surface area contributed by atoms with Crippen molar-refractivity contribution < 1.29 is 86.7 Å². The predicted molar refractivity (Wildman–Crippen MR) is 269 cm³/mol. The lowest BCUT2D eigenvalue weighted by molar-refractivity contribution is -0.209. The first-order chi connectivity index (χ1) is 33.7. The van der Waals surface area contributed by atoms with Gasteiger partial charge in [0, 0.05) is 18.1 Å². The molecule has 1 fully saturated rings. The van der Waals surface area contributed by atoms with Gasteiger partial charge in [-0.15, -0.1) is 5.11 Å². The van der Waals surface area contributed by atoms with E-state index >= 15 is 0 Å². The Morgan fingerprint density at radius 2 is 1.27 bits per heavy atom. The largest absolute Gasteiger partial charge is 0.479 e. The molecule has 4 heterocycles. The summed E-state index contributed by atoms with van der Waals surface area (Å²) in [5.74, 6) is -5.07. The molecule has 0 bridgehead atoms. The van der Waals surface area contributed by atoms with Crippen molar-refractivity contribution in [2.24, 2.45) is 20.4 Å². The van der Waals surface area contributed by atoms with E-state index in [4.69, 9.17) is 33.9 Å². The molecule has 28 nitrogen and oxygen atoms in total. The predicted octanol–water partition coefficient (Wildman–Crippen LogP) is 3.09. The van der Waals surface area contributed by atoms with E-state index in [2.05, 4.69) is 60.6 Å². The molecule has 1 aromatic rings. The second-order valence-electron chi connectivity index (χ2n) is 17.9. The van der Waals surface area contributed by atoms with Gasteiger partial charge in [-0.05, 0) is 118 Å². The van der Waals surface area contributed by atoms with Crippen molar-refractivity contribution in [3.8, 4) is 0 Å². The number of aromatic nitrogens is 2. The van der Waals surface area contributed by atoms with Gasteiger partial charge in [-0.3, -0.25) is 23.9 Å². The number of ether oxygens (including phenoxy) is 6. The zero-order valence-electron chi connectivity index (χ0n) is 45.3. The number of hydrogen-bond donors (Lipinski definition) is 7. The van der Waals surface area contributed by atoms with E-state index < -0.39 is 52.6 Å². The number of nitrogens with zero attached hydrogens (tertiary/aromatic N) is 5. The normalized spacial score (nSPS) is 13.7. The average Bonchev–Trinajstić information content (AvgIpc) is 4.04. The first-order valence-corrected chi connectivity index (χ1v) is 23.3. The summed E-state index contributed by atoms with van der Waals surface area (Å²) in [7, 11) is 0. The van der Waals surface area contributed by atoms with Crippen LogP contribution in [-0.4, -0.2) is 172 Å². The number of carbonyl (C=O) groups excluding carboxylic acids is 5. The Bertz CT molecular complexity index is 1950. The van der Waals surface area contributed by atoms with Gasteiger partial charge in [0.1, 0.15) is 18.8 Å². The van der Waals surface area contributed by atoms with Gasteiger partial charge in [0.25, 0.3) is 5.91 Å². The lowest BCUT2D eigenvalue weighted by Crippen LogP contribution is -2.53. The van der Waals surface area contributed by atoms with Crippen LogP contribution in [0.25, 0.3) is 0 Å². The number of nitrogens with one attached hydrogen (secondary N) is 4. The molecule has 74 heavy (non-hydrogen) atoms. The van der Waals surface area contributed by atoms with Gasteiger partial charge in [0.2, 0.25) is 0 Å². The van der Waals surface area contributed by atoms with Gasteiger partial charge in [0.15, 0.2) is 29.6 Å². The Morgan fingerprint density at radius 1 is 0.757 bits per heavy atom. The number of aromatic amines is 1. The van der Waals surface area contributed by atoms with Crippen molar-refractivity contribution >= 4 is 53.1 Å². The van der Waals surface area contributed by atoms with Crippen LogP contribution in [0.15, 0.2) is 29.7 Å². The number of aliphatic hydroxyl groups is 1. The van der Waals surface area contributed by atoms with E-state index in [-0.39, 0.29) is 81.2 Å². The number of amides is 3. The quantitative estimate of drug-likeness (QED) is 0.0669. The Morgan fingerprint density at radius 3 is 1.59 bits per heavy atom. The zero-order valence-corrected chi connectivity index (χ0v) is 45.3. The van der Waals surface area contributed by atoms with Gasteiger partial charge in [-0.1, -0.05) is 17.7 Å². The molecule has 3 aliphatic rings. The van der Waals surface area contributed by atoms with E-state index in [1.165, 1.54) is 13.8 Å². The summed E-state index contributed by atoms with van der Waals surface area (Å²) in [4.78, 5) is 94.5. The molecule has 0 saturated carbocycles. The summed E-state index contributed by atoms with van der Waals surface area (Å²) in [5, 5.41) is 47.4. The monoisotopic (exact) mass is 1070 g/mol. The molecule has 0 atom stereocenters. The number of aliphatic imine (C=N–C) groups is 1. The summed E-state index contributed by atoms with van der Waals surface area (Å²) in [5.41, 5.74) is -1.60. The van der Waals surface area contributed by atoms with Gasteiger partial charge >= 0.3 is 41.4 Å². The van der Waals surface area contributed by atoms with Crippen molar-refractivity contribution in [3.05, 3.63) is 16.4 Å². The molecule has 1 saturated heterocycles. The highest BCUT2D eigenvalue weighted by molar-refractivity contribution is 6.42. The molecule has 0 radical (unpaired) electrons. The van der Waals surface area contributed by atoms with Gasteiger partial charge in [-0.25, -0.2) is 29.0 Å². The Hall–Kier alpha value is -6.07. The fourth-order valence-electron chi connectivity index (χ4n) is 4.14. The standard InChI is InChI=1S/C7H10N2O3.C7H13NO3.2C7H14O3.C6H11N3O.C6H10N2O3.C5H9NO3.CH4/c1-4(2)8-7(11)5-3-6(10)12-9-5;1-4-11-7(10)6(9)8-5(2)3;1-6(2)10-5-7(8)3-9-4-7;1-5(2)10-7(3,4)6(8)9;1-5(2)10-3-6-7-4-8-9-6;1-4(2)10-3-5-7-6(9)11-8-5;1-3(2)6-4(7)5(8)9;/h4H,3H2,1-2H3,(H,8,11);5H,4H2,1-3H3,(H,8,9);6,8H,3-5H2,1-2H3;5H,1-4H3,(H,8,9);5H,3-4H2,1-2H3;4H,3H2,1-2H3,(H,7,8,9);3H,1-2H3,(H,6,7)(H,8,9);1H4. The lowest BCUT2D eigenvalue weighted by Gasteiger charge is -2.36. The Balaban J connectivity index is -0.000000386. The molecule has 4 rings (SSSR count). The van der Waals surface area contributed by atoms with E-state index in [9.17, 15) is 43.5 Å². The SMILES string of the molecule is C.CC(C)NC(=O)C(=O)O.CC(C)NC(=O)C1=NOC(=O)C1.CC(C)OC(C)(C)C(=O)O.CC(C)OCC1(O)COC1.CC(C)OCC1=NCN=N1.CC(C)OCc1noc(=O)[nH]1.CCOC(=O)C(=O)NC(C)C. The van der Waals surface area contributed by atoms with Gasteiger partial charge in [-0.2, -0.15) is 5.11 Å². The minimum atomic E-state index is -1.44. The molecular formula is C46H85N9O19. The molecule has 428 valence electrons. The second-order valence-corrected chi connectivity index (χ2v) is 17.9. The van der Waals surface area contributed by atoms with Crippen LogP contribution in [0, 0.1) is 0 Å². The third-order valence-electron chi connectivity index (χ3n) is 7.30. The van der Waals surface area contributed by atoms with Crippen molar-refractivity contribution in [1.29, 1.82) is 0 Å². The molecule has 1 aromatic heterocycles. The van der Waals surface area contributed by atoms with E-state index in [1.54, 1.807) is 34.6 Å². The number of carboxylic acids is 2. The fourth-order valence-corrected chi connectivity index (χ4v) is 4.14. The molecular weight excluding hydrogens is 983 g/mol. The first-order valence-electron chi connectivity index (χ1n) is 23.3. The van der Waals surface area contributed by atoms with Crippen molar-refractivity contribution in [3.63, 3.8) is 0 Å². The summed E-state index contributed by atoms with van der Waals surface area (Å²) in [6.07, 6.45) is 0.461. The molecule has 0 aromatic carbocycles. The van der Waals surface area contributed by atoms with Crippen LogP contribution >= 0.6 is 0 Å². The summed E-state index contributed by atoms with van der Waals surface area (Å²) >= 11 is 0. The second kappa shape index (κ2) is 40.3. The van der Waals surface area contributed by atoms with E-state index in [0.29, 0.717) is 44.8 Å². The molecule has 0 spiro atoms. The number of oxime groups is 1. The number of azo groups is 1. The minimum Gasteiger partial charge on any atom is -0.479 e. The third-order valence-corrected chi connectivity index (χ3v) is 7.30. The summed E-state index contributed by atoms with van der Waals surface area (Å²) in [6, 6.07) is -0.114. The molecule has 3 amide bonds. The molecule has 3 aliphatic heterocycles. The van der Waals surface area contributed by atoms with Crippen molar-refractivity contribution in [1.82, 2.24) is 26.1 Å². The minimum absolute atomic E-state index is 0. The molecule has 0 aliphatic carbocycles. The maximum Gasteiger partial charge on any atom is 0.438 e. The van der Waals surface area contributed by atoms with Crippen molar-refractivity contribution in [2.45, 2.75) is 192 Å². The summed E-state index contributed by atoms with van der Waals surface area (Å²) < 4.78 is 34.3. The number of carbonyl (C=O) groups is 7. The number of amidine groups is 1. The Kier molecular flexibility index (Phi) is 40.6. The zero-order chi connectivity index (χ0) is 57.1. The first kappa shape index (κ1) is 74.5. The maximum absolute atomic E-state index is 11.1. The van der Waals surface area contributed by atoms with Crippen LogP contribution in [0.1, 0.15) is 137 Å². The average molecular weight is 1070 g/mol. The number of esters is 1. The lowest BCUT2D eigenvalue weighted by atomic mass is 10.0. The molecule has 0 unspecified atom stereocenters. The number of carboxylic acid groups (broad SMARTS) is 2. The molecule has 28 heteroatoms. The summed E-state index contributed by atoms with van der Waals surface area (Å²) in [6.45, 7) is 33.3. The van der Waals surface area contributed by atoms with Crippen LogP contribution in [0.2, 0.25) is 0 Å². The topological polar surface area (TPSA) is 389 Å². The Labute approximate surface area is 433 Å². The van der Waals surface area contributed by atoms with Crippen LogP contribution in [0.3, 0.4) is 0 Å². The number of H-pyrrole nitrogens is 1.